The van der Waals surface area contributed by atoms with Crippen LogP contribution >= 0.6 is 12.2 Å². The summed E-state index contributed by atoms with van der Waals surface area (Å²) < 4.78 is 53.0. The van der Waals surface area contributed by atoms with Crippen LogP contribution in [0, 0.1) is 10.6 Å². The summed E-state index contributed by atoms with van der Waals surface area (Å²) in [6.07, 6.45) is -2.52. The maximum absolute atomic E-state index is 13.2. The molecule has 0 amide bonds. The first kappa shape index (κ1) is 13.8. The zero-order valence-corrected chi connectivity index (χ0v) is 10.7. The SMILES string of the molecule is CCc1c[nH]c(=S)n1-c1ccc(F)c(C(F)(F)F)c1. The molecule has 0 fully saturated rings. The lowest BCUT2D eigenvalue weighted by molar-refractivity contribution is -0.140. The first-order valence-corrected chi connectivity index (χ1v) is 5.92. The van der Waals surface area contributed by atoms with Crippen LogP contribution in [0.4, 0.5) is 17.6 Å². The molecule has 2 aromatic rings. The highest BCUT2D eigenvalue weighted by molar-refractivity contribution is 7.71. The van der Waals surface area contributed by atoms with Crippen molar-refractivity contribution in [3.63, 3.8) is 0 Å². The summed E-state index contributed by atoms with van der Waals surface area (Å²) >= 11 is 5.02. The highest BCUT2D eigenvalue weighted by Crippen LogP contribution is 2.32. The first-order chi connectivity index (χ1) is 8.84. The predicted molar refractivity (Wildman–Crippen MR) is 65.3 cm³/mol. The van der Waals surface area contributed by atoms with Gasteiger partial charge in [0.1, 0.15) is 5.82 Å². The average molecular weight is 290 g/mol. The quantitative estimate of drug-likeness (QED) is 0.647. The molecule has 0 bridgehead atoms. The molecule has 1 aromatic carbocycles. The second-order valence-electron chi connectivity index (χ2n) is 3.94. The topological polar surface area (TPSA) is 20.7 Å². The van der Waals surface area contributed by atoms with Gasteiger partial charge in [-0.3, -0.25) is 4.57 Å². The third kappa shape index (κ3) is 2.56. The summed E-state index contributed by atoms with van der Waals surface area (Å²) in [4.78, 5) is 2.76. The van der Waals surface area contributed by atoms with Crippen LogP contribution in [0.2, 0.25) is 0 Å². The Kier molecular flexibility index (Phi) is 3.49. The molecule has 1 heterocycles. The number of aryl methyl sites for hydroxylation is 1. The van der Waals surface area contributed by atoms with Crippen molar-refractivity contribution in [2.45, 2.75) is 19.5 Å². The normalized spacial score (nSPS) is 11.8. The molecule has 0 atom stereocenters. The van der Waals surface area contributed by atoms with E-state index in [1.807, 2.05) is 6.92 Å². The summed E-state index contributed by atoms with van der Waals surface area (Å²) in [5.74, 6) is -1.30. The Bertz CT molecular complexity index is 654. The molecule has 1 N–H and O–H groups in total. The van der Waals surface area contributed by atoms with Crippen LogP contribution in [-0.4, -0.2) is 9.55 Å². The van der Waals surface area contributed by atoms with Gasteiger partial charge in [-0.25, -0.2) is 4.39 Å². The molecule has 2 nitrogen and oxygen atoms in total. The van der Waals surface area contributed by atoms with Gasteiger partial charge >= 0.3 is 6.18 Å². The van der Waals surface area contributed by atoms with E-state index in [-0.39, 0.29) is 10.5 Å². The average Bonchev–Trinajstić information content (AvgIpc) is 2.70. The highest BCUT2D eigenvalue weighted by atomic mass is 32.1. The minimum Gasteiger partial charge on any atom is -0.337 e. The number of imidazole rings is 1. The minimum atomic E-state index is -4.73. The molecular weight excluding hydrogens is 280 g/mol. The minimum absolute atomic E-state index is 0.192. The van der Waals surface area contributed by atoms with Gasteiger partial charge in [0.05, 0.1) is 5.56 Å². The molecule has 0 aliphatic carbocycles. The van der Waals surface area contributed by atoms with E-state index in [9.17, 15) is 17.6 Å². The second-order valence-corrected chi connectivity index (χ2v) is 4.32. The third-order valence-electron chi connectivity index (χ3n) is 2.73. The Morgan fingerprint density at radius 1 is 1.32 bits per heavy atom. The Morgan fingerprint density at radius 3 is 2.58 bits per heavy atom. The van der Waals surface area contributed by atoms with Crippen molar-refractivity contribution in [2.75, 3.05) is 0 Å². The van der Waals surface area contributed by atoms with E-state index < -0.39 is 17.6 Å². The molecule has 1 aromatic heterocycles. The van der Waals surface area contributed by atoms with Crippen LogP contribution in [0.25, 0.3) is 5.69 Å². The molecule has 0 unspecified atom stereocenters. The van der Waals surface area contributed by atoms with Gasteiger partial charge in [-0.2, -0.15) is 13.2 Å². The van der Waals surface area contributed by atoms with E-state index in [1.165, 1.54) is 10.6 Å². The molecule has 0 aliphatic heterocycles. The lowest BCUT2D eigenvalue weighted by Gasteiger charge is -2.12. The standard InChI is InChI=1S/C12H10F4N2S/c1-2-7-6-17-11(19)18(7)8-3-4-10(13)9(5-8)12(14,15)16/h3-6H,2H2,1H3,(H,17,19). The number of H-pyrrole nitrogens is 1. The van der Waals surface area contributed by atoms with Gasteiger partial charge in [0.2, 0.25) is 0 Å². The van der Waals surface area contributed by atoms with Gasteiger partial charge < -0.3 is 4.98 Å². The summed E-state index contributed by atoms with van der Waals surface area (Å²) in [7, 11) is 0. The number of hydrogen-bond donors (Lipinski definition) is 1. The number of aromatic amines is 1. The van der Waals surface area contributed by atoms with Crippen LogP contribution in [0.3, 0.4) is 0 Å². The van der Waals surface area contributed by atoms with Gasteiger partial charge in [-0.15, -0.1) is 0 Å². The van der Waals surface area contributed by atoms with Crippen molar-refractivity contribution >= 4 is 12.2 Å². The van der Waals surface area contributed by atoms with Gasteiger partial charge in [-0.05, 0) is 36.8 Å². The Balaban J connectivity index is 2.65. The highest BCUT2D eigenvalue weighted by Gasteiger charge is 2.34. The number of alkyl halides is 3. The summed E-state index contributed by atoms with van der Waals surface area (Å²) in [5, 5.41) is 0. The molecule has 102 valence electrons. The Labute approximate surface area is 111 Å². The summed E-state index contributed by atoms with van der Waals surface area (Å²) in [6, 6.07) is 2.83. The van der Waals surface area contributed by atoms with E-state index in [0.717, 1.165) is 17.8 Å². The van der Waals surface area contributed by atoms with E-state index in [1.54, 1.807) is 6.20 Å². The smallest absolute Gasteiger partial charge is 0.337 e. The summed E-state index contributed by atoms with van der Waals surface area (Å²) in [5.41, 5.74) is -0.378. The molecule has 0 aliphatic rings. The Hall–Kier alpha value is -1.63. The largest absolute Gasteiger partial charge is 0.419 e. The van der Waals surface area contributed by atoms with Gasteiger partial charge in [0.25, 0.3) is 0 Å². The number of benzene rings is 1. The lowest BCUT2D eigenvalue weighted by Crippen LogP contribution is -2.10. The number of aromatic nitrogens is 2. The van der Waals surface area contributed by atoms with Crippen molar-refractivity contribution in [3.8, 4) is 5.69 Å². The van der Waals surface area contributed by atoms with Crippen molar-refractivity contribution < 1.29 is 17.6 Å². The van der Waals surface area contributed by atoms with Crippen LogP contribution < -0.4 is 0 Å². The molecule has 0 saturated heterocycles. The van der Waals surface area contributed by atoms with E-state index >= 15 is 0 Å². The fraction of sp³-hybridized carbons (Fsp3) is 0.250. The van der Waals surface area contributed by atoms with Crippen LogP contribution in [0.5, 0.6) is 0 Å². The Morgan fingerprint density at radius 2 is 2.00 bits per heavy atom. The van der Waals surface area contributed by atoms with Crippen LogP contribution in [0.1, 0.15) is 18.2 Å². The monoisotopic (exact) mass is 290 g/mol. The second kappa shape index (κ2) is 4.80. The van der Waals surface area contributed by atoms with E-state index in [2.05, 4.69) is 4.98 Å². The van der Waals surface area contributed by atoms with Gasteiger partial charge in [0.15, 0.2) is 4.77 Å². The van der Waals surface area contributed by atoms with Crippen LogP contribution in [-0.2, 0) is 12.6 Å². The van der Waals surface area contributed by atoms with Crippen molar-refractivity contribution in [2.24, 2.45) is 0 Å². The molecule has 19 heavy (non-hydrogen) atoms. The summed E-state index contributed by atoms with van der Waals surface area (Å²) in [6.45, 7) is 1.85. The van der Waals surface area contributed by atoms with Crippen molar-refractivity contribution in [1.29, 1.82) is 0 Å². The molecule has 0 saturated carbocycles. The number of nitrogens with zero attached hydrogens (tertiary/aromatic N) is 1. The maximum atomic E-state index is 13.2. The van der Waals surface area contributed by atoms with Crippen molar-refractivity contribution in [3.05, 3.63) is 46.2 Å². The number of rotatable bonds is 2. The first-order valence-electron chi connectivity index (χ1n) is 5.51. The third-order valence-corrected chi connectivity index (χ3v) is 3.03. The van der Waals surface area contributed by atoms with Crippen molar-refractivity contribution in [1.82, 2.24) is 9.55 Å². The van der Waals surface area contributed by atoms with E-state index in [4.69, 9.17) is 12.2 Å². The van der Waals surface area contributed by atoms with Gasteiger partial charge in [0, 0.05) is 17.6 Å². The van der Waals surface area contributed by atoms with Crippen LogP contribution in [0.15, 0.2) is 24.4 Å². The lowest BCUT2D eigenvalue weighted by atomic mass is 10.1. The number of hydrogen-bond acceptors (Lipinski definition) is 1. The molecule has 0 spiro atoms. The number of nitrogens with one attached hydrogen (secondary N) is 1. The fourth-order valence-corrected chi connectivity index (χ4v) is 2.10. The number of halogens is 4. The molecular formula is C12H10F4N2S. The maximum Gasteiger partial charge on any atom is 0.419 e. The molecule has 0 radical (unpaired) electrons. The van der Waals surface area contributed by atoms with Gasteiger partial charge in [-0.1, -0.05) is 6.92 Å². The van der Waals surface area contributed by atoms with E-state index in [0.29, 0.717) is 6.42 Å². The zero-order valence-electron chi connectivity index (χ0n) is 9.88. The fourth-order valence-electron chi connectivity index (χ4n) is 1.82. The predicted octanol–water partition coefficient (Wildman–Crippen LogP) is 4.26. The molecule has 7 heteroatoms. The molecule has 2 rings (SSSR count). The zero-order chi connectivity index (χ0) is 14.2.